The zero-order chi connectivity index (χ0) is 17.2. The van der Waals surface area contributed by atoms with E-state index in [0.29, 0.717) is 25.1 Å². The van der Waals surface area contributed by atoms with Crippen molar-refractivity contribution in [1.82, 2.24) is 0 Å². The highest BCUT2D eigenvalue weighted by Gasteiger charge is 2.26. The van der Waals surface area contributed by atoms with Gasteiger partial charge in [-0.25, -0.2) is 13.6 Å². The fourth-order valence-corrected chi connectivity index (χ4v) is 3.33. The number of benzene rings is 2. The molecule has 0 spiro atoms. The van der Waals surface area contributed by atoms with Crippen molar-refractivity contribution in [2.75, 3.05) is 0 Å². The Kier molecular flexibility index (Phi) is 4.80. The van der Waals surface area contributed by atoms with Gasteiger partial charge in [-0.2, -0.15) is 0 Å². The lowest BCUT2D eigenvalue weighted by Crippen LogP contribution is -2.31. The lowest BCUT2D eigenvalue weighted by atomic mass is 9.92. The van der Waals surface area contributed by atoms with Crippen molar-refractivity contribution < 1.29 is 13.2 Å². The van der Waals surface area contributed by atoms with Crippen molar-refractivity contribution in [2.45, 2.75) is 37.4 Å². The first-order chi connectivity index (χ1) is 11.4. The molecule has 0 aliphatic heterocycles. The molecule has 0 unspecified atom stereocenters. The van der Waals surface area contributed by atoms with Crippen LogP contribution in [-0.4, -0.2) is 20.2 Å². The number of ether oxygens (including phenoxy) is 1. The number of nitrogens with two attached hydrogens (primary N) is 1. The van der Waals surface area contributed by atoms with Gasteiger partial charge in [-0.3, -0.25) is 4.99 Å². The Bertz CT molecular complexity index is 853. The normalized spacial score (nSPS) is 17.4. The number of hydrogen-bond acceptors (Lipinski definition) is 4. The lowest BCUT2D eigenvalue weighted by molar-refractivity contribution is 0.0344. The Morgan fingerprint density at radius 2 is 1.88 bits per heavy atom. The van der Waals surface area contributed by atoms with Crippen molar-refractivity contribution >= 4 is 21.4 Å². The van der Waals surface area contributed by atoms with Crippen molar-refractivity contribution in [3.05, 3.63) is 59.7 Å². The van der Waals surface area contributed by atoms with Crippen LogP contribution in [0.1, 0.15) is 24.0 Å². The number of primary sulfonamides is 1. The van der Waals surface area contributed by atoms with E-state index in [1.165, 1.54) is 0 Å². The van der Waals surface area contributed by atoms with Gasteiger partial charge in [0.05, 0.1) is 18.4 Å². The molecule has 0 heterocycles. The predicted octanol–water partition coefficient (Wildman–Crippen LogP) is 3.09. The summed E-state index contributed by atoms with van der Waals surface area (Å²) in [4.78, 5) is 4.53. The molecule has 6 heteroatoms. The third-order valence-electron chi connectivity index (χ3n) is 3.96. The SMILES string of the molecule is Cc1ccc(N=C2CC(OCc3ccccc3)C2)c(S(N)(=O)=O)c1. The van der Waals surface area contributed by atoms with Gasteiger partial charge < -0.3 is 4.74 Å². The largest absolute Gasteiger partial charge is 0.373 e. The third-order valence-corrected chi connectivity index (χ3v) is 4.90. The molecule has 24 heavy (non-hydrogen) atoms. The van der Waals surface area contributed by atoms with Gasteiger partial charge >= 0.3 is 0 Å². The van der Waals surface area contributed by atoms with E-state index in [0.717, 1.165) is 16.8 Å². The fourth-order valence-electron chi connectivity index (χ4n) is 2.58. The molecule has 0 amide bonds. The van der Waals surface area contributed by atoms with Crippen LogP contribution < -0.4 is 5.14 Å². The monoisotopic (exact) mass is 344 g/mol. The van der Waals surface area contributed by atoms with Gasteiger partial charge in [0.2, 0.25) is 10.0 Å². The molecule has 5 nitrogen and oxygen atoms in total. The molecule has 126 valence electrons. The Morgan fingerprint density at radius 1 is 1.17 bits per heavy atom. The van der Waals surface area contributed by atoms with Gasteiger partial charge in [-0.15, -0.1) is 0 Å². The second-order valence-electron chi connectivity index (χ2n) is 6.02. The number of rotatable bonds is 5. The number of hydrogen-bond donors (Lipinski definition) is 1. The summed E-state index contributed by atoms with van der Waals surface area (Å²) in [6.07, 6.45) is 1.56. The van der Waals surface area contributed by atoms with Crippen LogP contribution in [0.2, 0.25) is 0 Å². The molecule has 0 radical (unpaired) electrons. The van der Waals surface area contributed by atoms with Gasteiger partial charge in [-0.1, -0.05) is 36.4 Å². The van der Waals surface area contributed by atoms with Crippen LogP contribution in [0, 0.1) is 6.92 Å². The highest BCUT2D eigenvalue weighted by atomic mass is 32.2. The average molecular weight is 344 g/mol. The maximum absolute atomic E-state index is 11.7. The molecule has 0 atom stereocenters. The lowest BCUT2D eigenvalue weighted by Gasteiger charge is -2.28. The summed E-state index contributed by atoms with van der Waals surface area (Å²) < 4.78 is 29.2. The molecule has 1 aliphatic carbocycles. The van der Waals surface area contributed by atoms with Crippen molar-refractivity contribution in [2.24, 2.45) is 10.1 Å². The zero-order valence-electron chi connectivity index (χ0n) is 13.5. The van der Waals surface area contributed by atoms with Gasteiger partial charge in [-0.05, 0) is 30.2 Å². The molecule has 2 aromatic rings. The van der Waals surface area contributed by atoms with Gasteiger partial charge in [0, 0.05) is 18.6 Å². The summed E-state index contributed by atoms with van der Waals surface area (Å²) in [6.45, 7) is 2.40. The summed E-state index contributed by atoms with van der Waals surface area (Å²) in [5, 5.41) is 5.28. The van der Waals surface area contributed by atoms with E-state index in [2.05, 4.69) is 4.99 Å². The summed E-state index contributed by atoms with van der Waals surface area (Å²) in [5.41, 5.74) is 3.31. The Morgan fingerprint density at radius 3 is 2.54 bits per heavy atom. The molecule has 1 saturated carbocycles. The second kappa shape index (κ2) is 6.84. The first-order valence-electron chi connectivity index (χ1n) is 7.77. The van der Waals surface area contributed by atoms with E-state index in [9.17, 15) is 8.42 Å². The highest BCUT2D eigenvalue weighted by molar-refractivity contribution is 7.89. The van der Waals surface area contributed by atoms with Gasteiger partial charge in [0.15, 0.2) is 0 Å². The molecule has 0 aromatic heterocycles. The summed E-state index contributed by atoms with van der Waals surface area (Å²) in [6, 6.07) is 15.1. The average Bonchev–Trinajstić information content (AvgIpc) is 2.50. The highest BCUT2D eigenvalue weighted by Crippen LogP contribution is 2.29. The number of nitrogens with zero attached hydrogens (tertiary/aromatic N) is 1. The first-order valence-corrected chi connectivity index (χ1v) is 9.32. The van der Waals surface area contributed by atoms with Crippen LogP contribution in [0.4, 0.5) is 5.69 Å². The van der Waals surface area contributed by atoms with E-state index in [1.54, 1.807) is 12.1 Å². The number of aliphatic imine (C=N–C) groups is 1. The summed E-state index contributed by atoms with van der Waals surface area (Å²) in [7, 11) is -3.78. The predicted molar refractivity (Wildman–Crippen MR) is 93.9 cm³/mol. The Labute approximate surface area is 142 Å². The van der Waals surface area contributed by atoms with Crippen LogP contribution in [0.3, 0.4) is 0 Å². The maximum Gasteiger partial charge on any atom is 0.240 e. The van der Waals surface area contributed by atoms with Crippen LogP contribution in [0.15, 0.2) is 58.4 Å². The van der Waals surface area contributed by atoms with E-state index in [4.69, 9.17) is 9.88 Å². The molecular formula is C18H20N2O3S. The first kappa shape index (κ1) is 16.8. The topological polar surface area (TPSA) is 81.8 Å². The second-order valence-corrected chi connectivity index (χ2v) is 7.55. The molecule has 2 aromatic carbocycles. The molecule has 0 bridgehead atoms. The Balaban J connectivity index is 1.64. The van der Waals surface area contributed by atoms with Crippen LogP contribution >= 0.6 is 0 Å². The maximum atomic E-state index is 11.7. The van der Waals surface area contributed by atoms with Crippen LogP contribution in [0.25, 0.3) is 0 Å². The molecule has 2 N–H and O–H groups in total. The Hall–Kier alpha value is -2.02. The van der Waals surface area contributed by atoms with Crippen molar-refractivity contribution in [3.8, 4) is 0 Å². The molecule has 3 rings (SSSR count). The molecule has 1 aliphatic rings. The van der Waals surface area contributed by atoms with Gasteiger partial charge in [0.25, 0.3) is 0 Å². The van der Waals surface area contributed by atoms with Crippen molar-refractivity contribution in [3.63, 3.8) is 0 Å². The van der Waals surface area contributed by atoms with E-state index in [1.807, 2.05) is 43.3 Å². The minimum atomic E-state index is -3.78. The molecule has 0 saturated heterocycles. The minimum absolute atomic E-state index is 0.0728. The van der Waals surface area contributed by atoms with E-state index in [-0.39, 0.29) is 11.0 Å². The van der Waals surface area contributed by atoms with Crippen molar-refractivity contribution in [1.29, 1.82) is 0 Å². The minimum Gasteiger partial charge on any atom is -0.373 e. The summed E-state index contributed by atoms with van der Waals surface area (Å²) >= 11 is 0. The molecule has 1 fully saturated rings. The smallest absolute Gasteiger partial charge is 0.240 e. The number of aryl methyl sites for hydroxylation is 1. The summed E-state index contributed by atoms with van der Waals surface area (Å²) in [5.74, 6) is 0. The number of sulfonamides is 1. The fraction of sp³-hybridized carbons (Fsp3) is 0.278. The molecular weight excluding hydrogens is 324 g/mol. The van der Waals surface area contributed by atoms with E-state index >= 15 is 0 Å². The van der Waals surface area contributed by atoms with E-state index < -0.39 is 10.0 Å². The third kappa shape index (κ3) is 4.08. The van der Waals surface area contributed by atoms with Crippen LogP contribution in [0.5, 0.6) is 0 Å². The standard InChI is InChI=1S/C18H20N2O3S/c1-13-7-8-17(18(9-13)24(19,21)22)20-15-10-16(11-15)23-12-14-5-3-2-4-6-14/h2-9,16H,10-12H2,1H3,(H2,19,21,22). The van der Waals surface area contributed by atoms with Gasteiger partial charge in [0.1, 0.15) is 4.90 Å². The quantitative estimate of drug-likeness (QED) is 0.905. The zero-order valence-corrected chi connectivity index (χ0v) is 14.3. The van der Waals surface area contributed by atoms with Crippen LogP contribution in [-0.2, 0) is 21.4 Å².